The maximum absolute atomic E-state index is 6.37. The Morgan fingerprint density at radius 1 is 0.667 bits per heavy atom. The molecular formula is C18H24O2Si. The average molecular weight is 300 g/mol. The van der Waals surface area contributed by atoms with E-state index in [-0.39, 0.29) is 0 Å². The maximum atomic E-state index is 6.37. The topological polar surface area (TPSA) is 18.5 Å². The lowest BCUT2D eigenvalue weighted by Gasteiger charge is -2.31. The molecule has 0 fully saturated rings. The van der Waals surface area contributed by atoms with Gasteiger partial charge in [0.05, 0.1) is 0 Å². The molecule has 2 aromatic carbocycles. The van der Waals surface area contributed by atoms with E-state index in [2.05, 4.69) is 62.4 Å². The smallest absolute Gasteiger partial charge is 0.388 e. The summed E-state index contributed by atoms with van der Waals surface area (Å²) < 4.78 is 12.7. The first-order valence-corrected chi connectivity index (χ1v) is 9.54. The fourth-order valence-electron chi connectivity index (χ4n) is 2.35. The van der Waals surface area contributed by atoms with E-state index in [0.717, 1.165) is 26.1 Å². The van der Waals surface area contributed by atoms with Crippen LogP contribution >= 0.6 is 0 Å². The molecule has 0 saturated carbocycles. The first-order valence-electron chi connectivity index (χ1n) is 7.72. The van der Waals surface area contributed by atoms with Gasteiger partial charge in [0.2, 0.25) is 0 Å². The van der Waals surface area contributed by atoms with Crippen molar-refractivity contribution in [3.8, 4) is 0 Å². The van der Waals surface area contributed by atoms with Crippen molar-refractivity contribution in [2.24, 2.45) is 0 Å². The summed E-state index contributed by atoms with van der Waals surface area (Å²) in [6, 6.07) is 20.8. The minimum Gasteiger partial charge on any atom is -0.388 e. The lowest BCUT2D eigenvalue weighted by Crippen LogP contribution is -2.63. The van der Waals surface area contributed by atoms with E-state index in [1.165, 1.54) is 10.4 Å². The fourth-order valence-corrected chi connectivity index (χ4v) is 5.68. The predicted molar refractivity (Wildman–Crippen MR) is 90.4 cm³/mol. The van der Waals surface area contributed by atoms with Crippen LogP contribution in [0.4, 0.5) is 0 Å². The standard InChI is InChI=1S/C18H24O2Si/c1-3-15-19-21(20-16-4-2,17-11-7-5-8-12-17)18-13-9-6-10-14-18/h5-14H,3-4,15-16H2,1-2H3. The highest BCUT2D eigenvalue weighted by molar-refractivity contribution is 6.92. The van der Waals surface area contributed by atoms with Gasteiger partial charge in [-0.05, 0) is 23.2 Å². The molecule has 0 heterocycles. The van der Waals surface area contributed by atoms with Crippen LogP contribution in [0.15, 0.2) is 60.7 Å². The molecule has 2 rings (SSSR count). The van der Waals surface area contributed by atoms with E-state index < -0.39 is 8.56 Å². The summed E-state index contributed by atoms with van der Waals surface area (Å²) in [7, 11) is -2.59. The Bertz CT molecular complexity index is 464. The third-order valence-corrected chi connectivity index (χ3v) is 6.73. The van der Waals surface area contributed by atoms with Gasteiger partial charge in [0.1, 0.15) is 0 Å². The van der Waals surface area contributed by atoms with Crippen LogP contribution in [0.1, 0.15) is 26.7 Å². The molecule has 3 heteroatoms. The third-order valence-electron chi connectivity index (χ3n) is 3.33. The Morgan fingerprint density at radius 2 is 1.05 bits per heavy atom. The molecule has 2 aromatic rings. The van der Waals surface area contributed by atoms with Crippen LogP contribution in [0.5, 0.6) is 0 Å². The van der Waals surface area contributed by atoms with E-state index in [1.54, 1.807) is 0 Å². The predicted octanol–water partition coefficient (Wildman–Crippen LogP) is 3.10. The summed E-state index contributed by atoms with van der Waals surface area (Å²) in [4.78, 5) is 0. The summed E-state index contributed by atoms with van der Waals surface area (Å²) in [5.41, 5.74) is 0. The molecule has 2 nitrogen and oxygen atoms in total. The average Bonchev–Trinajstić information content (AvgIpc) is 2.57. The van der Waals surface area contributed by atoms with Gasteiger partial charge in [0, 0.05) is 13.2 Å². The Labute approximate surface area is 129 Å². The van der Waals surface area contributed by atoms with Crippen LogP contribution in [0, 0.1) is 0 Å². The van der Waals surface area contributed by atoms with Gasteiger partial charge in [-0.15, -0.1) is 0 Å². The maximum Gasteiger partial charge on any atom is 0.407 e. The molecule has 0 bridgehead atoms. The summed E-state index contributed by atoms with van der Waals surface area (Å²) in [5.74, 6) is 0. The van der Waals surface area contributed by atoms with Crippen LogP contribution in [-0.4, -0.2) is 21.8 Å². The van der Waals surface area contributed by atoms with Crippen molar-refractivity contribution in [3.05, 3.63) is 60.7 Å². The van der Waals surface area contributed by atoms with Crippen LogP contribution in [-0.2, 0) is 8.85 Å². The Hall–Kier alpha value is -1.42. The van der Waals surface area contributed by atoms with Crippen LogP contribution in [0.2, 0.25) is 0 Å². The van der Waals surface area contributed by atoms with Gasteiger partial charge in [-0.25, -0.2) is 0 Å². The number of hydrogen-bond acceptors (Lipinski definition) is 2. The first kappa shape index (κ1) is 16.0. The van der Waals surface area contributed by atoms with E-state index in [4.69, 9.17) is 8.85 Å². The molecular weight excluding hydrogens is 276 g/mol. The first-order chi connectivity index (χ1) is 10.3. The highest BCUT2D eigenvalue weighted by Gasteiger charge is 2.42. The van der Waals surface area contributed by atoms with Crippen LogP contribution in [0.25, 0.3) is 0 Å². The molecule has 21 heavy (non-hydrogen) atoms. The van der Waals surface area contributed by atoms with Crippen LogP contribution < -0.4 is 10.4 Å². The third kappa shape index (κ3) is 3.82. The quantitative estimate of drug-likeness (QED) is 0.698. The summed E-state index contributed by atoms with van der Waals surface area (Å²) in [6.45, 7) is 5.71. The zero-order valence-electron chi connectivity index (χ0n) is 12.9. The van der Waals surface area contributed by atoms with Crippen molar-refractivity contribution in [2.45, 2.75) is 26.7 Å². The zero-order valence-corrected chi connectivity index (χ0v) is 13.9. The fraction of sp³-hybridized carbons (Fsp3) is 0.333. The van der Waals surface area contributed by atoms with Crippen molar-refractivity contribution in [2.75, 3.05) is 13.2 Å². The van der Waals surface area contributed by atoms with E-state index in [0.29, 0.717) is 0 Å². The summed E-state index contributed by atoms with van der Waals surface area (Å²) in [5, 5.41) is 2.36. The van der Waals surface area contributed by atoms with Crippen molar-refractivity contribution in [1.29, 1.82) is 0 Å². The molecule has 0 saturated heterocycles. The molecule has 0 radical (unpaired) electrons. The lowest BCUT2D eigenvalue weighted by atomic mass is 10.4. The Kier molecular flexibility index (Phi) is 6.17. The molecule has 0 aromatic heterocycles. The number of benzene rings is 2. The van der Waals surface area contributed by atoms with Gasteiger partial charge < -0.3 is 8.85 Å². The highest BCUT2D eigenvalue weighted by atomic mass is 28.4. The van der Waals surface area contributed by atoms with Crippen molar-refractivity contribution in [3.63, 3.8) is 0 Å². The summed E-state index contributed by atoms with van der Waals surface area (Å²) >= 11 is 0. The second-order valence-corrected chi connectivity index (χ2v) is 8.01. The van der Waals surface area contributed by atoms with Gasteiger partial charge in [-0.2, -0.15) is 0 Å². The molecule has 112 valence electrons. The van der Waals surface area contributed by atoms with Crippen molar-refractivity contribution < 1.29 is 8.85 Å². The van der Waals surface area contributed by atoms with Gasteiger partial charge >= 0.3 is 8.56 Å². The Balaban J connectivity index is 2.48. The molecule has 0 aliphatic rings. The summed E-state index contributed by atoms with van der Waals surface area (Å²) in [6.07, 6.45) is 1.98. The van der Waals surface area contributed by atoms with E-state index >= 15 is 0 Å². The molecule has 0 spiro atoms. The minimum atomic E-state index is -2.59. The second kappa shape index (κ2) is 8.13. The number of rotatable bonds is 8. The lowest BCUT2D eigenvalue weighted by molar-refractivity contribution is 0.191. The van der Waals surface area contributed by atoms with Crippen molar-refractivity contribution in [1.82, 2.24) is 0 Å². The van der Waals surface area contributed by atoms with Crippen LogP contribution in [0.3, 0.4) is 0 Å². The van der Waals surface area contributed by atoms with Gasteiger partial charge in [-0.3, -0.25) is 0 Å². The normalized spacial score (nSPS) is 11.5. The molecule has 0 atom stereocenters. The molecule has 0 aliphatic carbocycles. The molecule has 0 amide bonds. The molecule has 0 aliphatic heterocycles. The SMILES string of the molecule is CCCO[Si](OCCC)(c1ccccc1)c1ccccc1. The van der Waals surface area contributed by atoms with Gasteiger partial charge in [0.25, 0.3) is 0 Å². The second-order valence-electron chi connectivity index (χ2n) is 5.05. The van der Waals surface area contributed by atoms with E-state index in [9.17, 15) is 0 Å². The molecule has 0 unspecified atom stereocenters. The monoisotopic (exact) mass is 300 g/mol. The van der Waals surface area contributed by atoms with Crippen molar-refractivity contribution >= 4 is 18.9 Å². The largest absolute Gasteiger partial charge is 0.407 e. The molecule has 0 N–H and O–H groups in total. The minimum absolute atomic E-state index is 0.722. The van der Waals surface area contributed by atoms with Gasteiger partial charge in [-0.1, -0.05) is 74.5 Å². The van der Waals surface area contributed by atoms with Gasteiger partial charge in [0.15, 0.2) is 0 Å². The zero-order chi connectivity index (χ0) is 15.0. The highest BCUT2D eigenvalue weighted by Crippen LogP contribution is 2.11. The Morgan fingerprint density at radius 3 is 1.38 bits per heavy atom. The van der Waals surface area contributed by atoms with E-state index in [1.807, 2.05) is 12.1 Å². The number of hydrogen-bond donors (Lipinski definition) is 0.